The van der Waals surface area contributed by atoms with Gasteiger partial charge in [-0.15, -0.1) is 12.4 Å². The van der Waals surface area contributed by atoms with Crippen LogP contribution >= 0.6 is 12.4 Å². The zero-order chi connectivity index (χ0) is 8.23. The normalized spacial score (nSPS) is 35.1. The topological polar surface area (TPSA) is 33.3 Å². The molecule has 2 aliphatic rings. The number of rotatable bonds is 1. The molecule has 2 rings (SSSR count). The summed E-state index contributed by atoms with van der Waals surface area (Å²) in [6.45, 7) is 4.37. The molecule has 13 heavy (non-hydrogen) atoms. The molecule has 0 bridgehead atoms. The monoisotopic (exact) mass is 206 g/mol. The van der Waals surface area contributed by atoms with Crippen molar-refractivity contribution >= 4 is 12.4 Å². The van der Waals surface area contributed by atoms with Crippen LogP contribution in [0.2, 0.25) is 0 Å². The number of ether oxygens (including phenoxy) is 1. The van der Waals surface area contributed by atoms with Crippen LogP contribution in [0.5, 0.6) is 0 Å². The van der Waals surface area contributed by atoms with Crippen molar-refractivity contribution in [1.29, 1.82) is 0 Å². The zero-order valence-electron chi connectivity index (χ0n) is 7.92. The van der Waals surface area contributed by atoms with E-state index in [4.69, 9.17) is 4.74 Å². The lowest BCUT2D eigenvalue weighted by Crippen LogP contribution is -2.48. The van der Waals surface area contributed by atoms with E-state index >= 15 is 0 Å². The van der Waals surface area contributed by atoms with Crippen molar-refractivity contribution in [3.05, 3.63) is 0 Å². The van der Waals surface area contributed by atoms with Crippen LogP contribution in [0.1, 0.15) is 19.3 Å². The van der Waals surface area contributed by atoms with Gasteiger partial charge in [-0.3, -0.25) is 5.32 Å². The Morgan fingerprint density at radius 1 is 1.15 bits per heavy atom. The number of nitrogens with one attached hydrogen (secondary N) is 2. The van der Waals surface area contributed by atoms with Crippen LogP contribution in [0.4, 0.5) is 0 Å². The summed E-state index contributed by atoms with van der Waals surface area (Å²) in [6.07, 6.45) is 4.10. The maximum atomic E-state index is 5.67. The molecule has 0 radical (unpaired) electrons. The summed E-state index contributed by atoms with van der Waals surface area (Å²) >= 11 is 0. The third-order valence-corrected chi connectivity index (χ3v) is 2.73. The summed E-state index contributed by atoms with van der Waals surface area (Å²) in [5.74, 6) is 0.694. The summed E-state index contributed by atoms with van der Waals surface area (Å²) in [4.78, 5) is 0. The summed E-state index contributed by atoms with van der Waals surface area (Å²) in [5.41, 5.74) is 0. The van der Waals surface area contributed by atoms with Crippen LogP contribution in [-0.4, -0.2) is 32.5 Å². The molecule has 2 heterocycles. The molecule has 2 aliphatic heterocycles. The fourth-order valence-corrected chi connectivity index (χ4v) is 2.03. The Hall–Kier alpha value is 0.170. The van der Waals surface area contributed by atoms with E-state index in [1.807, 2.05) is 0 Å². The third-order valence-electron chi connectivity index (χ3n) is 2.73. The lowest BCUT2D eigenvalue weighted by atomic mass is 9.97. The highest BCUT2D eigenvalue weighted by Crippen LogP contribution is 2.17. The average Bonchev–Trinajstić information content (AvgIpc) is 2.21. The molecule has 2 atom stereocenters. The fourth-order valence-electron chi connectivity index (χ4n) is 2.03. The number of hydrogen-bond donors (Lipinski definition) is 2. The van der Waals surface area contributed by atoms with Crippen LogP contribution in [0.15, 0.2) is 0 Å². The smallest absolute Gasteiger partial charge is 0.112 e. The zero-order valence-corrected chi connectivity index (χ0v) is 8.74. The minimum Gasteiger partial charge on any atom is -0.363 e. The molecule has 3 nitrogen and oxygen atoms in total. The predicted molar refractivity (Wildman–Crippen MR) is 55.2 cm³/mol. The standard InChI is InChI=1S/C9H18N2O.ClH/c1-3-8(7-10-4-1)9-11-5-2-6-12-9;/h8-11H,1-7H2;1H. The molecule has 0 aromatic heterocycles. The quantitative estimate of drug-likeness (QED) is 0.664. The van der Waals surface area contributed by atoms with Gasteiger partial charge in [-0.2, -0.15) is 0 Å². The fraction of sp³-hybridized carbons (Fsp3) is 1.00. The average molecular weight is 207 g/mol. The van der Waals surface area contributed by atoms with Gasteiger partial charge in [0, 0.05) is 19.1 Å². The van der Waals surface area contributed by atoms with Gasteiger partial charge in [0.15, 0.2) is 0 Å². The van der Waals surface area contributed by atoms with Crippen molar-refractivity contribution in [3.8, 4) is 0 Å². The highest BCUT2D eigenvalue weighted by molar-refractivity contribution is 5.85. The van der Waals surface area contributed by atoms with E-state index in [0.717, 1.165) is 26.1 Å². The Morgan fingerprint density at radius 2 is 2.08 bits per heavy atom. The van der Waals surface area contributed by atoms with Gasteiger partial charge in [-0.05, 0) is 32.4 Å². The number of piperidine rings is 1. The van der Waals surface area contributed by atoms with E-state index in [-0.39, 0.29) is 12.4 Å². The molecule has 2 unspecified atom stereocenters. The number of hydrogen-bond acceptors (Lipinski definition) is 3. The molecule has 0 spiro atoms. The lowest BCUT2D eigenvalue weighted by Gasteiger charge is -2.33. The first kappa shape index (κ1) is 11.2. The Bertz CT molecular complexity index is 118. The largest absolute Gasteiger partial charge is 0.363 e. The third kappa shape index (κ3) is 3.09. The first-order chi connectivity index (χ1) is 5.97. The Kier molecular flexibility index (Phi) is 5.02. The molecular formula is C9H19ClN2O. The first-order valence-corrected chi connectivity index (χ1v) is 5.02. The minimum absolute atomic E-state index is 0. The van der Waals surface area contributed by atoms with E-state index in [0.29, 0.717) is 12.1 Å². The van der Waals surface area contributed by atoms with Crippen molar-refractivity contribution in [2.75, 3.05) is 26.2 Å². The van der Waals surface area contributed by atoms with Crippen LogP contribution in [0.25, 0.3) is 0 Å². The van der Waals surface area contributed by atoms with E-state index < -0.39 is 0 Å². The molecule has 0 saturated carbocycles. The van der Waals surface area contributed by atoms with E-state index in [9.17, 15) is 0 Å². The Morgan fingerprint density at radius 3 is 2.69 bits per heavy atom. The second kappa shape index (κ2) is 5.81. The molecule has 2 fully saturated rings. The molecule has 2 N–H and O–H groups in total. The highest BCUT2D eigenvalue weighted by atomic mass is 35.5. The molecule has 78 valence electrons. The van der Waals surface area contributed by atoms with Crippen molar-refractivity contribution in [2.24, 2.45) is 5.92 Å². The highest BCUT2D eigenvalue weighted by Gasteiger charge is 2.25. The van der Waals surface area contributed by atoms with Gasteiger partial charge < -0.3 is 10.1 Å². The molecule has 4 heteroatoms. The Labute approximate surface area is 86.0 Å². The van der Waals surface area contributed by atoms with Gasteiger partial charge >= 0.3 is 0 Å². The summed E-state index contributed by atoms with van der Waals surface area (Å²) in [5, 5.41) is 6.84. The molecule has 0 amide bonds. The van der Waals surface area contributed by atoms with Gasteiger partial charge in [0.2, 0.25) is 0 Å². The van der Waals surface area contributed by atoms with Crippen molar-refractivity contribution < 1.29 is 4.74 Å². The van der Waals surface area contributed by atoms with Crippen LogP contribution < -0.4 is 10.6 Å². The second-order valence-corrected chi connectivity index (χ2v) is 3.71. The van der Waals surface area contributed by atoms with Gasteiger partial charge in [0.25, 0.3) is 0 Å². The van der Waals surface area contributed by atoms with Crippen molar-refractivity contribution in [3.63, 3.8) is 0 Å². The van der Waals surface area contributed by atoms with Gasteiger partial charge in [0.1, 0.15) is 6.23 Å². The van der Waals surface area contributed by atoms with Gasteiger partial charge in [-0.25, -0.2) is 0 Å². The molecule has 2 saturated heterocycles. The lowest BCUT2D eigenvalue weighted by molar-refractivity contribution is -0.0412. The summed E-state index contributed by atoms with van der Waals surface area (Å²) < 4.78 is 5.67. The molecule has 0 aromatic rings. The predicted octanol–water partition coefficient (Wildman–Crippen LogP) is 0.744. The van der Waals surface area contributed by atoms with Crippen LogP contribution in [-0.2, 0) is 4.74 Å². The molecule has 0 aliphatic carbocycles. The summed E-state index contributed by atoms with van der Waals surface area (Å²) in [7, 11) is 0. The second-order valence-electron chi connectivity index (χ2n) is 3.71. The van der Waals surface area contributed by atoms with Gasteiger partial charge in [-0.1, -0.05) is 0 Å². The van der Waals surface area contributed by atoms with Crippen LogP contribution in [0, 0.1) is 5.92 Å². The Balaban J connectivity index is 0.000000845. The molecular weight excluding hydrogens is 188 g/mol. The number of halogens is 1. The molecule has 0 aromatic carbocycles. The van der Waals surface area contributed by atoms with E-state index in [2.05, 4.69) is 10.6 Å². The minimum atomic E-state index is 0. The van der Waals surface area contributed by atoms with Crippen LogP contribution in [0.3, 0.4) is 0 Å². The van der Waals surface area contributed by atoms with E-state index in [1.54, 1.807) is 0 Å². The SMILES string of the molecule is C1CNC(C2CCCNC2)OC1.Cl. The van der Waals surface area contributed by atoms with Crippen molar-refractivity contribution in [1.82, 2.24) is 10.6 Å². The van der Waals surface area contributed by atoms with E-state index in [1.165, 1.54) is 19.4 Å². The van der Waals surface area contributed by atoms with Crippen molar-refractivity contribution in [2.45, 2.75) is 25.5 Å². The maximum absolute atomic E-state index is 5.67. The first-order valence-electron chi connectivity index (χ1n) is 5.02. The summed E-state index contributed by atoms with van der Waals surface area (Å²) in [6, 6.07) is 0. The maximum Gasteiger partial charge on any atom is 0.112 e. The van der Waals surface area contributed by atoms with Gasteiger partial charge in [0.05, 0.1) is 0 Å².